The second-order valence-corrected chi connectivity index (χ2v) is 8.01. The summed E-state index contributed by atoms with van der Waals surface area (Å²) in [6.45, 7) is 2.82. The molecule has 1 atom stereocenters. The summed E-state index contributed by atoms with van der Waals surface area (Å²) in [6.07, 6.45) is 3.11. The van der Waals surface area contributed by atoms with Crippen LogP contribution in [0.4, 0.5) is 5.69 Å². The van der Waals surface area contributed by atoms with Crippen LogP contribution in [-0.4, -0.2) is 43.7 Å². The van der Waals surface area contributed by atoms with Gasteiger partial charge in [-0.2, -0.15) is 0 Å². The number of aliphatic hydroxyl groups is 1. The van der Waals surface area contributed by atoms with Gasteiger partial charge in [-0.1, -0.05) is 35.9 Å². The number of hydrogen-bond acceptors (Lipinski definition) is 3. The highest BCUT2D eigenvalue weighted by Gasteiger charge is 2.21. The highest BCUT2D eigenvalue weighted by molar-refractivity contribution is 6.30. The van der Waals surface area contributed by atoms with Crippen molar-refractivity contribution < 1.29 is 5.11 Å². The normalized spacial score (nSPS) is 17.2. The first-order valence-electron chi connectivity index (χ1n) is 9.43. The molecule has 3 rings (SSSR count). The number of benzene rings is 2. The summed E-state index contributed by atoms with van der Waals surface area (Å²) in [7, 11) is 4.15. The predicted octanol–water partition coefficient (Wildman–Crippen LogP) is 4.39. The summed E-state index contributed by atoms with van der Waals surface area (Å²) in [5.41, 5.74) is 3.62. The molecule has 1 aliphatic heterocycles. The van der Waals surface area contributed by atoms with Crippen LogP contribution in [0.1, 0.15) is 30.1 Å². The third-order valence-corrected chi connectivity index (χ3v) is 5.62. The van der Waals surface area contributed by atoms with Crippen molar-refractivity contribution in [1.82, 2.24) is 4.90 Å². The molecule has 1 unspecified atom stereocenters. The summed E-state index contributed by atoms with van der Waals surface area (Å²) in [5.74, 6) is 0.740. The fraction of sp³-hybridized carbons (Fsp3) is 0.455. The fourth-order valence-corrected chi connectivity index (χ4v) is 3.80. The molecular weight excluding hydrogens is 344 g/mol. The molecule has 0 bridgehead atoms. The Morgan fingerprint density at radius 2 is 1.65 bits per heavy atom. The number of anilines is 1. The Labute approximate surface area is 162 Å². The topological polar surface area (TPSA) is 26.7 Å². The molecular formula is C22H29ClN2O. The molecule has 1 saturated heterocycles. The summed E-state index contributed by atoms with van der Waals surface area (Å²) in [4.78, 5) is 4.51. The number of aliphatic hydroxyl groups excluding tert-OH is 1. The Bertz CT molecular complexity index is 676. The van der Waals surface area contributed by atoms with E-state index in [0.717, 1.165) is 31.0 Å². The SMILES string of the molecule is CN(C)c1ccc(CC2CCN(CC(O)c3ccc(Cl)cc3)CC2)cc1. The van der Waals surface area contributed by atoms with Gasteiger partial charge in [0, 0.05) is 31.4 Å². The van der Waals surface area contributed by atoms with E-state index in [-0.39, 0.29) is 0 Å². The molecule has 3 nitrogen and oxygen atoms in total. The first-order chi connectivity index (χ1) is 12.5. The second-order valence-electron chi connectivity index (χ2n) is 7.58. The van der Waals surface area contributed by atoms with Crippen molar-refractivity contribution in [2.24, 2.45) is 5.92 Å². The van der Waals surface area contributed by atoms with Gasteiger partial charge in [-0.15, -0.1) is 0 Å². The van der Waals surface area contributed by atoms with Crippen molar-refractivity contribution in [3.8, 4) is 0 Å². The number of likely N-dealkylation sites (tertiary alicyclic amines) is 1. The minimum atomic E-state index is -0.442. The quantitative estimate of drug-likeness (QED) is 0.814. The number of halogens is 1. The zero-order valence-corrected chi connectivity index (χ0v) is 16.5. The molecule has 0 aliphatic carbocycles. The fourth-order valence-electron chi connectivity index (χ4n) is 3.67. The summed E-state index contributed by atoms with van der Waals surface area (Å²) < 4.78 is 0. The predicted molar refractivity (Wildman–Crippen MR) is 110 cm³/mol. The molecule has 1 N–H and O–H groups in total. The van der Waals surface area contributed by atoms with Crippen LogP contribution in [0.15, 0.2) is 48.5 Å². The summed E-state index contributed by atoms with van der Waals surface area (Å²) in [5, 5.41) is 11.2. The van der Waals surface area contributed by atoms with Gasteiger partial charge in [-0.25, -0.2) is 0 Å². The van der Waals surface area contributed by atoms with Gasteiger partial charge in [0.2, 0.25) is 0 Å². The standard InChI is InChI=1S/C22H29ClN2O/c1-24(2)21-9-3-17(4-10-21)15-18-11-13-25(14-12-18)16-22(26)19-5-7-20(23)8-6-19/h3-10,18,22,26H,11-16H2,1-2H3. The van der Waals surface area contributed by atoms with E-state index >= 15 is 0 Å². The van der Waals surface area contributed by atoms with E-state index in [2.05, 4.69) is 48.2 Å². The van der Waals surface area contributed by atoms with E-state index in [1.807, 2.05) is 24.3 Å². The maximum atomic E-state index is 10.4. The average Bonchev–Trinajstić information content (AvgIpc) is 2.64. The molecule has 0 saturated carbocycles. The number of piperidine rings is 1. The van der Waals surface area contributed by atoms with Gasteiger partial charge >= 0.3 is 0 Å². The van der Waals surface area contributed by atoms with Gasteiger partial charge in [-0.05, 0) is 73.7 Å². The average molecular weight is 373 g/mol. The van der Waals surface area contributed by atoms with Gasteiger partial charge in [0.25, 0.3) is 0 Å². The molecule has 2 aromatic carbocycles. The van der Waals surface area contributed by atoms with Gasteiger partial charge in [0.1, 0.15) is 0 Å². The van der Waals surface area contributed by atoms with Crippen molar-refractivity contribution in [1.29, 1.82) is 0 Å². The molecule has 1 fully saturated rings. The van der Waals surface area contributed by atoms with Crippen molar-refractivity contribution in [2.75, 3.05) is 38.6 Å². The van der Waals surface area contributed by atoms with Gasteiger partial charge < -0.3 is 14.9 Å². The van der Waals surface area contributed by atoms with Crippen LogP contribution in [0.25, 0.3) is 0 Å². The Morgan fingerprint density at radius 3 is 2.23 bits per heavy atom. The lowest BCUT2D eigenvalue weighted by Crippen LogP contribution is -2.37. The van der Waals surface area contributed by atoms with Gasteiger partial charge in [0.05, 0.1) is 6.10 Å². The zero-order valence-electron chi connectivity index (χ0n) is 15.7. The highest BCUT2D eigenvalue weighted by Crippen LogP contribution is 2.25. The number of nitrogens with zero attached hydrogens (tertiary/aromatic N) is 2. The van der Waals surface area contributed by atoms with Crippen LogP contribution in [0.2, 0.25) is 5.02 Å². The van der Waals surface area contributed by atoms with Crippen LogP contribution in [0, 0.1) is 5.92 Å². The molecule has 1 aliphatic rings. The number of β-amino-alcohol motifs (C(OH)–C–C–N with tert-alkyl or cyclic N) is 1. The van der Waals surface area contributed by atoms with Crippen molar-refractivity contribution in [3.63, 3.8) is 0 Å². The monoisotopic (exact) mass is 372 g/mol. The lowest BCUT2D eigenvalue weighted by Gasteiger charge is -2.33. The molecule has 140 valence electrons. The van der Waals surface area contributed by atoms with Gasteiger partial charge in [0.15, 0.2) is 0 Å². The Balaban J connectivity index is 1.45. The number of rotatable bonds is 6. The molecule has 26 heavy (non-hydrogen) atoms. The van der Waals surface area contributed by atoms with Crippen molar-refractivity contribution in [2.45, 2.75) is 25.4 Å². The van der Waals surface area contributed by atoms with Crippen molar-refractivity contribution >= 4 is 17.3 Å². The van der Waals surface area contributed by atoms with Crippen molar-refractivity contribution in [3.05, 3.63) is 64.7 Å². The van der Waals surface area contributed by atoms with E-state index < -0.39 is 6.10 Å². The van der Waals surface area contributed by atoms with E-state index in [0.29, 0.717) is 11.6 Å². The first kappa shape index (κ1) is 19.2. The largest absolute Gasteiger partial charge is 0.387 e. The van der Waals surface area contributed by atoms with E-state index in [1.54, 1.807) is 0 Å². The highest BCUT2D eigenvalue weighted by atomic mass is 35.5. The first-order valence-corrected chi connectivity index (χ1v) is 9.81. The molecule has 2 aromatic rings. The summed E-state index contributed by atoms with van der Waals surface area (Å²) >= 11 is 5.92. The smallest absolute Gasteiger partial charge is 0.0916 e. The molecule has 4 heteroatoms. The zero-order chi connectivity index (χ0) is 18.5. The van der Waals surface area contributed by atoms with Crippen LogP contribution in [0.3, 0.4) is 0 Å². The summed E-state index contributed by atoms with van der Waals surface area (Å²) in [6, 6.07) is 16.4. The number of hydrogen-bond donors (Lipinski definition) is 1. The van der Waals surface area contributed by atoms with E-state index in [9.17, 15) is 5.11 Å². The molecule has 0 radical (unpaired) electrons. The van der Waals surface area contributed by atoms with Crippen LogP contribution >= 0.6 is 11.6 Å². The van der Waals surface area contributed by atoms with Gasteiger partial charge in [-0.3, -0.25) is 0 Å². The minimum Gasteiger partial charge on any atom is -0.387 e. The maximum Gasteiger partial charge on any atom is 0.0916 e. The third-order valence-electron chi connectivity index (χ3n) is 5.37. The molecule has 0 amide bonds. The van der Waals surface area contributed by atoms with E-state index in [1.165, 1.54) is 24.1 Å². The van der Waals surface area contributed by atoms with Crippen LogP contribution in [0.5, 0.6) is 0 Å². The Morgan fingerprint density at radius 1 is 1.04 bits per heavy atom. The Hall–Kier alpha value is -1.55. The maximum absolute atomic E-state index is 10.4. The molecule has 1 heterocycles. The lowest BCUT2D eigenvalue weighted by atomic mass is 9.90. The van der Waals surface area contributed by atoms with Crippen LogP contribution in [-0.2, 0) is 6.42 Å². The lowest BCUT2D eigenvalue weighted by molar-refractivity contribution is 0.0893. The van der Waals surface area contributed by atoms with E-state index in [4.69, 9.17) is 11.6 Å². The Kier molecular flexibility index (Phi) is 6.58. The molecule has 0 aromatic heterocycles. The molecule has 0 spiro atoms. The third kappa shape index (κ3) is 5.23. The second kappa shape index (κ2) is 8.90. The minimum absolute atomic E-state index is 0.442. The van der Waals surface area contributed by atoms with Crippen LogP contribution < -0.4 is 4.90 Å².